The molecule has 1 atom stereocenters. The summed E-state index contributed by atoms with van der Waals surface area (Å²) in [6.07, 6.45) is 0.832. The van der Waals surface area contributed by atoms with E-state index in [2.05, 4.69) is 10.6 Å². The number of benzene rings is 2. The van der Waals surface area contributed by atoms with E-state index in [0.29, 0.717) is 36.2 Å². The van der Waals surface area contributed by atoms with Crippen molar-refractivity contribution in [1.29, 1.82) is 0 Å². The van der Waals surface area contributed by atoms with Crippen LogP contribution in [0, 0.1) is 0 Å². The molecule has 2 rings (SSSR count). The fourth-order valence-corrected chi connectivity index (χ4v) is 2.79. The van der Waals surface area contributed by atoms with E-state index in [0.717, 1.165) is 12.0 Å². The van der Waals surface area contributed by atoms with Crippen LogP contribution in [0.15, 0.2) is 48.5 Å². The van der Waals surface area contributed by atoms with Crippen molar-refractivity contribution in [2.24, 2.45) is 0 Å². The molecular weight excluding hydrogens is 352 g/mol. The Morgan fingerprint density at radius 2 is 1.96 bits per heavy atom. The van der Waals surface area contributed by atoms with Crippen molar-refractivity contribution in [1.82, 2.24) is 5.32 Å². The maximum atomic E-state index is 12.8. The molecule has 0 aliphatic rings. The maximum Gasteiger partial charge on any atom is 0.246 e. The Hall–Kier alpha value is -2.08. The second-order valence-electron chi connectivity index (χ2n) is 5.69. The normalized spacial score (nSPS) is 11.8. The van der Waals surface area contributed by atoms with Gasteiger partial charge in [-0.2, -0.15) is 0 Å². The standard InChI is InChI=1S/C20H25ClN2O3/c1-3-26-13-7-12-22-19(15-8-5-4-6-9-15)20(24)23-16-10-11-18(25-2)17(21)14-16/h4-6,8-11,14,19,22H,3,7,12-13H2,1-2H3,(H,23,24)/t19-/m0/s1. The number of hydrogen-bond donors (Lipinski definition) is 2. The van der Waals surface area contributed by atoms with Gasteiger partial charge in [-0.1, -0.05) is 41.9 Å². The zero-order valence-corrected chi connectivity index (χ0v) is 15.9. The van der Waals surface area contributed by atoms with Crippen molar-refractivity contribution in [3.05, 3.63) is 59.1 Å². The SMILES string of the molecule is CCOCCCN[C@H](C(=O)Nc1ccc(OC)c(Cl)c1)c1ccccc1. The Morgan fingerprint density at radius 3 is 2.62 bits per heavy atom. The van der Waals surface area contributed by atoms with Crippen LogP contribution in [-0.2, 0) is 9.53 Å². The lowest BCUT2D eigenvalue weighted by molar-refractivity contribution is -0.118. The third kappa shape index (κ3) is 6.02. The summed E-state index contributed by atoms with van der Waals surface area (Å²) < 4.78 is 10.5. The van der Waals surface area contributed by atoms with E-state index in [4.69, 9.17) is 21.1 Å². The minimum Gasteiger partial charge on any atom is -0.495 e. The van der Waals surface area contributed by atoms with E-state index in [-0.39, 0.29) is 5.91 Å². The largest absolute Gasteiger partial charge is 0.495 e. The molecule has 0 aromatic heterocycles. The number of ether oxygens (including phenoxy) is 2. The molecule has 0 heterocycles. The van der Waals surface area contributed by atoms with Gasteiger partial charge in [-0.3, -0.25) is 4.79 Å². The molecule has 0 radical (unpaired) electrons. The van der Waals surface area contributed by atoms with Crippen LogP contribution in [-0.4, -0.2) is 32.8 Å². The summed E-state index contributed by atoms with van der Waals surface area (Å²) in [6.45, 7) is 4.01. The van der Waals surface area contributed by atoms with Gasteiger partial charge >= 0.3 is 0 Å². The van der Waals surface area contributed by atoms with Gasteiger partial charge in [-0.15, -0.1) is 0 Å². The first-order valence-corrected chi connectivity index (χ1v) is 9.04. The van der Waals surface area contributed by atoms with Crippen LogP contribution in [0.4, 0.5) is 5.69 Å². The number of amides is 1. The van der Waals surface area contributed by atoms with Crippen LogP contribution in [0.5, 0.6) is 5.75 Å². The Bertz CT molecular complexity index is 695. The molecule has 5 nitrogen and oxygen atoms in total. The highest BCUT2D eigenvalue weighted by Crippen LogP contribution is 2.27. The fourth-order valence-electron chi connectivity index (χ4n) is 2.53. The van der Waals surface area contributed by atoms with Gasteiger partial charge in [0.1, 0.15) is 11.8 Å². The van der Waals surface area contributed by atoms with Crippen molar-refractivity contribution in [2.45, 2.75) is 19.4 Å². The van der Waals surface area contributed by atoms with Crippen LogP contribution < -0.4 is 15.4 Å². The zero-order valence-electron chi connectivity index (χ0n) is 15.1. The van der Waals surface area contributed by atoms with Gasteiger partial charge in [-0.25, -0.2) is 0 Å². The second-order valence-corrected chi connectivity index (χ2v) is 6.09. The minimum absolute atomic E-state index is 0.145. The number of nitrogens with one attached hydrogen (secondary N) is 2. The molecule has 0 unspecified atom stereocenters. The molecule has 0 spiro atoms. The van der Waals surface area contributed by atoms with Gasteiger partial charge in [0.05, 0.1) is 12.1 Å². The molecule has 140 valence electrons. The maximum absolute atomic E-state index is 12.8. The molecular formula is C20H25ClN2O3. The number of halogens is 1. The molecule has 0 saturated carbocycles. The van der Waals surface area contributed by atoms with Gasteiger partial charge in [-0.05, 0) is 43.7 Å². The molecule has 0 saturated heterocycles. The summed E-state index contributed by atoms with van der Waals surface area (Å²) >= 11 is 6.14. The lowest BCUT2D eigenvalue weighted by Gasteiger charge is -2.19. The molecule has 0 fully saturated rings. The van der Waals surface area contributed by atoms with E-state index < -0.39 is 6.04 Å². The number of carbonyl (C=O) groups excluding carboxylic acids is 1. The number of carbonyl (C=O) groups is 1. The Morgan fingerprint density at radius 1 is 1.19 bits per heavy atom. The molecule has 0 aliphatic carbocycles. The van der Waals surface area contributed by atoms with Crippen molar-refractivity contribution in [2.75, 3.05) is 32.2 Å². The summed E-state index contributed by atoms with van der Waals surface area (Å²) in [5.74, 6) is 0.423. The highest BCUT2D eigenvalue weighted by Gasteiger charge is 2.20. The zero-order chi connectivity index (χ0) is 18.8. The third-order valence-corrected chi connectivity index (χ3v) is 4.13. The molecule has 1 amide bonds. The highest BCUT2D eigenvalue weighted by molar-refractivity contribution is 6.32. The van der Waals surface area contributed by atoms with Crippen LogP contribution in [0.3, 0.4) is 0 Å². The molecule has 26 heavy (non-hydrogen) atoms. The van der Waals surface area contributed by atoms with E-state index in [9.17, 15) is 4.79 Å². The molecule has 2 aromatic carbocycles. The second kappa shape index (κ2) is 10.8. The monoisotopic (exact) mass is 376 g/mol. The van der Waals surface area contributed by atoms with Crippen LogP contribution >= 0.6 is 11.6 Å². The van der Waals surface area contributed by atoms with E-state index in [1.807, 2.05) is 37.3 Å². The van der Waals surface area contributed by atoms with Crippen LogP contribution in [0.1, 0.15) is 24.9 Å². The van der Waals surface area contributed by atoms with Gasteiger partial charge in [0.15, 0.2) is 0 Å². The minimum atomic E-state index is -0.460. The van der Waals surface area contributed by atoms with Crippen molar-refractivity contribution in [3.8, 4) is 5.75 Å². The lowest BCUT2D eigenvalue weighted by atomic mass is 10.1. The predicted octanol–water partition coefficient (Wildman–Crippen LogP) is 4.04. The van der Waals surface area contributed by atoms with E-state index in [1.54, 1.807) is 25.3 Å². The van der Waals surface area contributed by atoms with Crippen molar-refractivity contribution >= 4 is 23.2 Å². The first kappa shape index (κ1) is 20.2. The Kier molecular flexibility index (Phi) is 8.41. The van der Waals surface area contributed by atoms with Gasteiger partial charge in [0.25, 0.3) is 0 Å². The summed E-state index contributed by atoms with van der Waals surface area (Å²) in [7, 11) is 1.55. The number of hydrogen-bond acceptors (Lipinski definition) is 4. The van der Waals surface area contributed by atoms with Crippen LogP contribution in [0.25, 0.3) is 0 Å². The molecule has 0 aliphatic heterocycles. The van der Waals surface area contributed by atoms with Crippen molar-refractivity contribution in [3.63, 3.8) is 0 Å². The van der Waals surface area contributed by atoms with E-state index in [1.165, 1.54) is 0 Å². The van der Waals surface area contributed by atoms with E-state index >= 15 is 0 Å². The smallest absolute Gasteiger partial charge is 0.246 e. The summed E-state index contributed by atoms with van der Waals surface area (Å²) in [6, 6.07) is 14.3. The number of anilines is 1. The Labute approximate surface area is 159 Å². The lowest BCUT2D eigenvalue weighted by Crippen LogP contribution is -2.34. The van der Waals surface area contributed by atoms with Crippen LogP contribution in [0.2, 0.25) is 5.02 Å². The summed E-state index contributed by atoms with van der Waals surface area (Å²) in [5, 5.41) is 6.66. The predicted molar refractivity (Wildman–Crippen MR) is 105 cm³/mol. The van der Waals surface area contributed by atoms with Crippen molar-refractivity contribution < 1.29 is 14.3 Å². The summed E-state index contributed by atoms with van der Waals surface area (Å²) in [4.78, 5) is 12.8. The number of methoxy groups -OCH3 is 1. The average Bonchev–Trinajstić information content (AvgIpc) is 2.65. The highest BCUT2D eigenvalue weighted by atomic mass is 35.5. The first-order chi connectivity index (χ1) is 12.7. The average molecular weight is 377 g/mol. The first-order valence-electron chi connectivity index (χ1n) is 8.66. The molecule has 2 N–H and O–H groups in total. The topological polar surface area (TPSA) is 59.6 Å². The third-order valence-electron chi connectivity index (χ3n) is 3.83. The summed E-state index contributed by atoms with van der Waals surface area (Å²) in [5.41, 5.74) is 1.53. The van der Waals surface area contributed by atoms with Gasteiger partial charge in [0, 0.05) is 18.9 Å². The molecule has 6 heteroatoms. The molecule has 2 aromatic rings. The van der Waals surface area contributed by atoms with Gasteiger partial charge < -0.3 is 20.1 Å². The van der Waals surface area contributed by atoms with Gasteiger partial charge in [0.2, 0.25) is 5.91 Å². The quantitative estimate of drug-likeness (QED) is 0.614. The Balaban J connectivity index is 2.06. The fraction of sp³-hybridized carbons (Fsp3) is 0.350. The molecule has 0 bridgehead atoms. The number of rotatable bonds is 10.